The standard InChI is InChI=1S/C23H30ClN3O/c1-5-26(6-2)13-8-14-27-21-15-19(24)11-12-20(21)25-23(27)16-28-22-10-7-9-17(3)18(22)4/h7,9-12,15H,5-6,8,13-14,16H2,1-4H3. The molecular weight excluding hydrogens is 370 g/mol. The average molecular weight is 400 g/mol. The third-order valence-corrected chi connectivity index (χ3v) is 5.69. The van der Waals surface area contributed by atoms with Gasteiger partial charge in [-0.3, -0.25) is 0 Å². The molecule has 1 aromatic heterocycles. The van der Waals surface area contributed by atoms with E-state index < -0.39 is 0 Å². The molecule has 0 aliphatic carbocycles. The van der Waals surface area contributed by atoms with E-state index in [1.54, 1.807) is 0 Å². The predicted octanol–water partition coefficient (Wildman–Crippen LogP) is 5.62. The molecule has 0 aliphatic rings. The number of aryl methyl sites for hydroxylation is 2. The summed E-state index contributed by atoms with van der Waals surface area (Å²) < 4.78 is 8.41. The van der Waals surface area contributed by atoms with Gasteiger partial charge in [0.1, 0.15) is 18.2 Å². The summed E-state index contributed by atoms with van der Waals surface area (Å²) in [5.41, 5.74) is 4.45. The first kappa shape index (κ1) is 20.7. The van der Waals surface area contributed by atoms with Gasteiger partial charge in [-0.1, -0.05) is 37.6 Å². The van der Waals surface area contributed by atoms with Crippen LogP contribution in [0.25, 0.3) is 11.0 Å². The second-order valence-corrected chi connectivity index (χ2v) is 7.62. The van der Waals surface area contributed by atoms with E-state index in [0.29, 0.717) is 6.61 Å². The minimum atomic E-state index is 0.446. The Morgan fingerprint density at radius 1 is 1.11 bits per heavy atom. The molecule has 0 aliphatic heterocycles. The Morgan fingerprint density at radius 2 is 1.89 bits per heavy atom. The number of imidazole rings is 1. The van der Waals surface area contributed by atoms with Crippen molar-refractivity contribution in [1.82, 2.24) is 14.5 Å². The maximum absolute atomic E-state index is 6.26. The van der Waals surface area contributed by atoms with Gasteiger partial charge >= 0.3 is 0 Å². The minimum Gasteiger partial charge on any atom is -0.485 e. The summed E-state index contributed by atoms with van der Waals surface area (Å²) in [6.45, 7) is 13.2. The van der Waals surface area contributed by atoms with Gasteiger partial charge in [0, 0.05) is 11.6 Å². The zero-order valence-corrected chi connectivity index (χ0v) is 18.1. The Morgan fingerprint density at radius 3 is 2.64 bits per heavy atom. The first-order valence-corrected chi connectivity index (χ1v) is 10.5. The maximum atomic E-state index is 6.26. The first-order chi connectivity index (χ1) is 13.5. The van der Waals surface area contributed by atoms with Crippen molar-refractivity contribution >= 4 is 22.6 Å². The van der Waals surface area contributed by atoms with Crippen LogP contribution in [0.4, 0.5) is 0 Å². The van der Waals surface area contributed by atoms with Gasteiger partial charge < -0.3 is 14.2 Å². The molecule has 28 heavy (non-hydrogen) atoms. The van der Waals surface area contributed by atoms with Gasteiger partial charge in [0.15, 0.2) is 0 Å². The van der Waals surface area contributed by atoms with E-state index >= 15 is 0 Å². The SMILES string of the molecule is CCN(CC)CCCn1c(COc2cccc(C)c2C)nc2ccc(Cl)cc21. The van der Waals surface area contributed by atoms with Crippen LogP contribution in [0, 0.1) is 13.8 Å². The topological polar surface area (TPSA) is 30.3 Å². The van der Waals surface area contributed by atoms with Crippen LogP contribution in [0.5, 0.6) is 5.75 Å². The van der Waals surface area contributed by atoms with E-state index in [1.165, 1.54) is 11.1 Å². The molecule has 0 unspecified atom stereocenters. The normalized spacial score (nSPS) is 11.5. The minimum absolute atomic E-state index is 0.446. The van der Waals surface area contributed by atoms with Crippen LogP contribution in [-0.2, 0) is 13.2 Å². The highest BCUT2D eigenvalue weighted by atomic mass is 35.5. The molecule has 3 rings (SSSR count). The highest BCUT2D eigenvalue weighted by Crippen LogP contribution is 2.24. The molecule has 0 saturated heterocycles. The number of benzene rings is 2. The van der Waals surface area contributed by atoms with Gasteiger partial charge in [-0.15, -0.1) is 0 Å². The molecule has 0 radical (unpaired) electrons. The Balaban J connectivity index is 1.83. The molecule has 150 valence electrons. The van der Waals surface area contributed by atoms with Gasteiger partial charge in [0.05, 0.1) is 11.0 Å². The second kappa shape index (κ2) is 9.44. The second-order valence-electron chi connectivity index (χ2n) is 7.18. The summed E-state index contributed by atoms with van der Waals surface area (Å²) in [5, 5.41) is 0.736. The quantitative estimate of drug-likeness (QED) is 0.468. The lowest BCUT2D eigenvalue weighted by Gasteiger charge is -2.18. The van der Waals surface area contributed by atoms with E-state index in [2.05, 4.69) is 43.2 Å². The van der Waals surface area contributed by atoms with Gasteiger partial charge in [-0.25, -0.2) is 4.98 Å². The zero-order chi connectivity index (χ0) is 20.1. The van der Waals surface area contributed by atoms with Crippen LogP contribution in [0.15, 0.2) is 36.4 Å². The molecule has 1 heterocycles. The molecule has 5 heteroatoms. The third kappa shape index (κ3) is 4.68. The van der Waals surface area contributed by atoms with Gasteiger partial charge in [-0.2, -0.15) is 0 Å². The lowest BCUT2D eigenvalue weighted by molar-refractivity contribution is 0.278. The average Bonchev–Trinajstić information content (AvgIpc) is 3.03. The zero-order valence-electron chi connectivity index (χ0n) is 17.3. The van der Waals surface area contributed by atoms with Crippen LogP contribution in [-0.4, -0.2) is 34.1 Å². The van der Waals surface area contributed by atoms with Crippen molar-refractivity contribution in [2.45, 2.75) is 47.3 Å². The Bertz CT molecular complexity index is 931. The van der Waals surface area contributed by atoms with Crippen molar-refractivity contribution < 1.29 is 4.74 Å². The first-order valence-electron chi connectivity index (χ1n) is 10.1. The van der Waals surface area contributed by atoms with Crippen molar-refractivity contribution in [1.29, 1.82) is 0 Å². The molecule has 0 atom stereocenters. The summed E-state index contributed by atoms with van der Waals surface area (Å²) in [7, 11) is 0. The van der Waals surface area contributed by atoms with Crippen molar-refractivity contribution in [3.63, 3.8) is 0 Å². The molecule has 0 N–H and O–H groups in total. The van der Waals surface area contributed by atoms with E-state index in [0.717, 1.165) is 60.2 Å². The predicted molar refractivity (Wildman–Crippen MR) is 117 cm³/mol. The van der Waals surface area contributed by atoms with Crippen molar-refractivity contribution in [3.05, 3.63) is 58.4 Å². The number of ether oxygens (including phenoxy) is 1. The number of aromatic nitrogens is 2. The van der Waals surface area contributed by atoms with E-state index in [9.17, 15) is 0 Å². The Hall–Kier alpha value is -2.04. The van der Waals surface area contributed by atoms with Crippen LogP contribution >= 0.6 is 11.6 Å². The maximum Gasteiger partial charge on any atom is 0.147 e. The Kier molecular flexibility index (Phi) is 6.97. The highest BCUT2D eigenvalue weighted by molar-refractivity contribution is 6.31. The van der Waals surface area contributed by atoms with Crippen LogP contribution in [0.1, 0.15) is 37.2 Å². The van der Waals surface area contributed by atoms with Crippen molar-refractivity contribution in [2.24, 2.45) is 0 Å². The van der Waals surface area contributed by atoms with Gasteiger partial charge in [0.25, 0.3) is 0 Å². The number of nitrogens with zero attached hydrogens (tertiary/aromatic N) is 3. The fraction of sp³-hybridized carbons (Fsp3) is 0.435. The fourth-order valence-corrected chi connectivity index (χ4v) is 3.69. The number of hydrogen-bond donors (Lipinski definition) is 0. The Labute approximate surface area is 173 Å². The lowest BCUT2D eigenvalue weighted by atomic mass is 10.1. The van der Waals surface area contributed by atoms with Gasteiger partial charge in [-0.05, 0) is 75.3 Å². The molecule has 0 amide bonds. The molecule has 2 aromatic carbocycles. The summed E-state index contributed by atoms with van der Waals surface area (Å²) in [5.74, 6) is 1.86. The highest BCUT2D eigenvalue weighted by Gasteiger charge is 2.13. The molecule has 3 aromatic rings. The summed E-state index contributed by atoms with van der Waals surface area (Å²) in [6, 6.07) is 12.0. The molecule has 0 fully saturated rings. The number of hydrogen-bond acceptors (Lipinski definition) is 3. The van der Waals surface area contributed by atoms with Gasteiger partial charge in [0.2, 0.25) is 0 Å². The largest absolute Gasteiger partial charge is 0.485 e. The lowest BCUT2D eigenvalue weighted by Crippen LogP contribution is -2.25. The van der Waals surface area contributed by atoms with Crippen molar-refractivity contribution in [3.8, 4) is 5.75 Å². The summed E-state index contributed by atoms with van der Waals surface area (Å²) in [4.78, 5) is 7.27. The van der Waals surface area contributed by atoms with E-state index in [1.807, 2.05) is 30.3 Å². The summed E-state index contributed by atoms with van der Waals surface area (Å²) >= 11 is 6.26. The number of halogens is 1. The molecule has 0 saturated carbocycles. The monoisotopic (exact) mass is 399 g/mol. The van der Waals surface area contributed by atoms with E-state index in [-0.39, 0.29) is 0 Å². The smallest absolute Gasteiger partial charge is 0.147 e. The number of rotatable bonds is 9. The molecule has 4 nitrogen and oxygen atoms in total. The number of fused-ring (bicyclic) bond motifs is 1. The fourth-order valence-electron chi connectivity index (χ4n) is 3.52. The van der Waals surface area contributed by atoms with Crippen molar-refractivity contribution in [2.75, 3.05) is 19.6 Å². The molecular formula is C23H30ClN3O. The third-order valence-electron chi connectivity index (χ3n) is 5.45. The molecule has 0 spiro atoms. The van der Waals surface area contributed by atoms with Crippen LogP contribution in [0.2, 0.25) is 5.02 Å². The van der Waals surface area contributed by atoms with Crippen LogP contribution < -0.4 is 4.74 Å². The summed E-state index contributed by atoms with van der Waals surface area (Å²) in [6.07, 6.45) is 1.07. The van der Waals surface area contributed by atoms with Crippen LogP contribution in [0.3, 0.4) is 0 Å². The van der Waals surface area contributed by atoms with E-state index in [4.69, 9.17) is 21.3 Å². The molecule has 0 bridgehead atoms.